The van der Waals surface area contributed by atoms with E-state index in [0.717, 1.165) is 10.7 Å². The number of nitrogens with one attached hydrogen (secondary N) is 1. The number of benzene rings is 1. The molecule has 17 heavy (non-hydrogen) atoms. The van der Waals surface area contributed by atoms with Crippen LogP contribution in [0.25, 0.3) is 0 Å². The molecule has 1 aromatic heterocycles. The largest absolute Gasteiger partial charge is 0.485 e. The molecule has 0 atom stereocenters. The van der Waals surface area contributed by atoms with E-state index in [-0.39, 0.29) is 0 Å². The maximum Gasteiger partial charge on any atom is 0.139 e. The van der Waals surface area contributed by atoms with Crippen LogP contribution >= 0.6 is 34.7 Å². The third-order valence-electron chi connectivity index (χ3n) is 2.04. The van der Waals surface area contributed by atoms with E-state index in [1.165, 1.54) is 11.5 Å². The Bertz CT molecular complexity index is 518. The Hall–Kier alpha value is -1.04. The highest BCUT2D eigenvalue weighted by atomic mass is 35.5. The first-order valence-electron chi connectivity index (χ1n) is 4.77. The zero-order chi connectivity index (χ0) is 12.3. The van der Waals surface area contributed by atoms with Crippen LogP contribution in [-0.4, -0.2) is 16.6 Å². The fourth-order valence-corrected chi connectivity index (χ4v) is 2.08. The molecule has 0 amide bonds. The lowest BCUT2D eigenvalue weighted by Crippen LogP contribution is -1.99. The Morgan fingerprint density at radius 1 is 1.41 bits per heavy atom. The summed E-state index contributed by atoms with van der Waals surface area (Å²) in [6.45, 7) is 0.298. The minimum atomic E-state index is 0.298. The number of aromatic nitrogens is 2. The zero-order valence-electron chi connectivity index (χ0n) is 8.91. The predicted octanol–water partition coefficient (Wildman–Crippen LogP) is 3.47. The molecule has 0 saturated carbocycles. The van der Waals surface area contributed by atoms with E-state index < -0.39 is 0 Å². The number of hydrogen-bond donors (Lipinski definition) is 1. The molecule has 7 heteroatoms. The van der Waals surface area contributed by atoms with Crippen molar-refractivity contribution >= 4 is 39.7 Å². The average molecular weight is 290 g/mol. The van der Waals surface area contributed by atoms with Crippen LogP contribution in [0.5, 0.6) is 5.75 Å². The standard InChI is InChI=1S/C10H9Cl2N3OS/c1-13-10-8(14-15-17-10)5-16-9-4-6(11)2-3-7(9)12/h2-4,13H,5H2,1H3. The molecule has 4 nitrogen and oxygen atoms in total. The van der Waals surface area contributed by atoms with Gasteiger partial charge in [0.15, 0.2) is 0 Å². The molecule has 0 aliphatic heterocycles. The number of hydrogen-bond acceptors (Lipinski definition) is 5. The zero-order valence-corrected chi connectivity index (χ0v) is 11.2. The molecule has 2 rings (SSSR count). The molecule has 1 heterocycles. The molecule has 1 aromatic carbocycles. The maximum absolute atomic E-state index is 5.98. The van der Waals surface area contributed by atoms with E-state index in [1.54, 1.807) is 18.2 Å². The summed E-state index contributed by atoms with van der Waals surface area (Å²) < 4.78 is 9.39. The second kappa shape index (κ2) is 5.53. The molecule has 0 spiro atoms. The van der Waals surface area contributed by atoms with Gasteiger partial charge in [-0.3, -0.25) is 0 Å². The first-order valence-corrected chi connectivity index (χ1v) is 6.30. The van der Waals surface area contributed by atoms with Crippen molar-refractivity contribution in [3.63, 3.8) is 0 Å². The van der Waals surface area contributed by atoms with Gasteiger partial charge >= 0.3 is 0 Å². The quantitative estimate of drug-likeness (QED) is 0.936. The fourth-order valence-electron chi connectivity index (χ4n) is 1.23. The van der Waals surface area contributed by atoms with E-state index in [4.69, 9.17) is 27.9 Å². The molecule has 0 saturated heterocycles. The first kappa shape index (κ1) is 12.4. The van der Waals surface area contributed by atoms with Gasteiger partial charge < -0.3 is 10.1 Å². The van der Waals surface area contributed by atoms with Crippen LogP contribution in [-0.2, 0) is 6.61 Å². The van der Waals surface area contributed by atoms with Gasteiger partial charge in [0.05, 0.1) is 5.02 Å². The Kier molecular flexibility index (Phi) is 4.04. The maximum atomic E-state index is 5.98. The third-order valence-corrected chi connectivity index (χ3v) is 3.37. The predicted molar refractivity (Wildman–Crippen MR) is 70.2 cm³/mol. The topological polar surface area (TPSA) is 47.0 Å². The lowest BCUT2D eigenvalue weighted by atomic mass is 10.3. The second-order valence-electron chi connectivity index (χ2n) is 3.16. The Morgan fingerprint density at radius 2 is 2.24 bits per heavy atom. The van der Waals surface area contributed by atoms with Gasteiger partial charge in [-0.2, -0.15) is 0 Å². The van der Waals surface area contributed by atoms with Gasteiger partial charge in [0, 0.05) is 29.7 Å². The molecule has 0 bridgehead atoms. The van der Waals surface area contributed by atoms with E-state index >= 15 is 0 Å². The summed E-state index contributed by atoms with van der Waals surface area (Å²) in [5.74, 6) is 0.536. The molecule has 90 valence electrons. The summed E-state index contributed by atoms with van der Waals surface area (Å²) in [7, 11) is 1.81. The van der Waals surface area contributed by atoms with Gasteiger partial charge in [-0.15, -0.1) is 5.10 Å². The van der Waals surface area contributed by atoms with Crippen molar-refractivity contribution in [3.05, 3.63) is 33.9 Å². The number of rotatable bonds is 4. The highest BCUT2D eigenvalue weighted by Gasteiger charge is 2.08. The van der Waals surface area contributed by atoms with Gasteiger partial charge in [-0.05, 0) is 12.1 Å². The molecule has 0 fully saturated rings. The summed E-state index contributed by atoms with van der Waals surface area (Å²) in [6, 6.07) is 5.07. The van der Waals surface area contributed by atoms with E-state index in [9.17, 15) is 0 Å². The summed E-state index contributed by atoms with van der Waals surface area (Å²) in [5.41, 5.74) is 0.744. The molecule has 0 radical (unpaired) electrons. The smallest absolute Gasteiger partial charge is 0.139 e. The van der Waals surface area contributed by atoms with Gasteiger partial charge in [-0.25, -0.2) is 0 Å². The van der Waals surface area contributed by atoms with Crippen molar-refractivity contribution in [2.75, 3.05) is 12.4 Å². The molecule has 2 aromatic rings. The number of ether oxygens (including phenoxy) is 1. The minimum absolute atomic E-state index is 0.298. The van der Waals surface area contributed by atoms with E-state index in [0.29, 0.717) is 22.4 Å². The molecule has 0 aliphatic carbocycles. The van der Waals surface area contributed by atoms with Crippen molar-refractivity contribution in [3.8, 4) is 5.75 Å². The molecular formula is C10H9Cl2N3OS. The summed E-state index contributed by atoms with van der Waals surface area (Å²) >= 11 is 13.1. The average Bonchev–Trinajstić information content (AvgIpc) is 2.77. The third kappa shape index (κ3) is 3.00. The second-order valence-corrected chi connectivity index (χ2v) is 4.76. The number of anilines is 1. The van der Waals surface area contributed by atoms with Gasteiger partial charge in [0.25, 0.3) is 0 Å². The lowest BCUT2D eigenvalue weighted by molar-refractivity contribution is 0.302. The summed E-state index contributed by atoms with van der Waals surface area (Å²) in [5, 5.41) is 8.92. The minimum Gasteiger partial charge on any atom is -0.485 e. The highest BCUT2D eigenvalue weighted by molar-refractivity contribution is 7.10. The van der Waals surface area contributed by atoms with E-state index in [2.05, 4.69) is 14.9 Å². The lowest BCUT2D eigenvalue weighted by Gasteiger charge is -2.07. The van der Waals surface area contributed by atoms with Crippen molar-refractivity contribution in [1.82, 2.24) is 9.59 Å². The van der Waals surface area contributed by atoms with Crippen molar-refractivity contribution in [1.29, 1.82) is 0 Å². The van der Waals surface area contributed by atoms with Crippen LogP contribution in [0.1, 0.15) is 5.69 Å². The Labute approximate surface area is 113 Å². The Morgan fingerprint density at radius 3 is 3.00 bits per heavy atom. The number of halogens is 2. The van der Waals surface area contributed by atoms with Crippen molar-refractivity contribution in [2.45, 2.75) is 6.61 Å². The fraction of sp³-hybridized carbons (Fsp3) is 0.200. The summed E-state index contributed by atoms with van der Waals surface area (Å²) in [4.78, 5) is 0. The normalized spacial score (nSPS) is 10.3. The first-order chi connectivity index (χ1) is 8.20. The van der Waals surface area contributed by atoms with Crippen LogP contribution < -0.4 is 10.1 Å². The SMILES string of the molecule is CNc1snnc1COc1cc(Cl)ccc1Cl. The molecule has 1 N–H and O–H groups in total. The van der Waals surface area contributed by atoms with Crippen LogP contribution in [0.15, 0.2) is 18.2 Å². The van der Waals surface area contributed by atoms with Crippen molar-refractivity contribution in [2.24, 2.45) is 0 Å². The number of nitrogens with zero attached hydrogens (tertiary/aromatic N) is 2. The van der Waals surface area contributed by atoms with Crippen molar-refractivity contribution < 1.29 is 4.74 Å². The van der Waals surface area contributed by atoms with Crippen LogP contribution in [0, 0.1) is 0 Å². The van der Waals surface area contributed by atoms with Crippen LogP contribution in [0.4, 0.5) is 5.00 Å². The highest BCUT2D eigenvalue weighted by Crippen LogP contribution is 2.29. The molecule has 0 unspecified atom stereocenters. The van der Waals surface area contributed by atoms with Crippen LogP contribution in [0.2, 0.25) is 10.0 Å². The summed E-state index contributed by atoms with van der Waals surface area (Å²) in [6.07, 6.45) is 0. The van der Waals surface area contributed by atoms with Gasteiger partial charge in [-0.1, -0.05) is 27.7 Å². The van der Waals surface area contributed by atoms with Crippen LogP contribution in [0.3, 0.4) is 0 Å². The van der Waals surface area contributed by atoms with Gasteiger partial charge in [0.1, 0.15) is 23.1 Å². The van der Waals surface area contributed by atoms with Gasteiger partial charge in [0.2, 0.25) is 0 Å². The van der Waals surface area contributed by atoms with E-state index in [1.807, 2.05) is 7.05 Å². The molecule has 0 aliphatic rings. The Balaban J connectivity index is 2.09. The molecular weight excluding hydrogens is 281 g/mol. The monoisotopic (exact) mass is 289 g/mol.